The SMILES string of the molecule is CC12C=CC(=O)C=C1CCC1C2CCC2(C)C(C(=O)CCl)CCC12. The Kier molecular flexibility index (Phi) is 3.84. The summed E-state index contributed by atoms with van der Waals surface area (Å²) in [4.78, 5) is 24.2. The molecule has 0 aromatic rings. The summed E-state index contributed by atoms with van der Waals surface area (Å²) in [5, 5.41) is 0. The first kappa shape index (κ1) is 16.6. The molecule has 0 heterocycles. The molecular formula is C21H27ClO2. The van der Waals surface area contributed by atoms with Gasteiger partial charge in [-0.05, 0) is 73.8 Å². The van der Waals surface area contributed by atoms with E-state index in [9.17, 15) is 9.59 Å². The Labute approximate surface area is 149 Å². The van der Waals surface area contributed by atoms with Crippen LogP contribution in [0.1, 0.15) is 52.4 Å². The number of hydrogen-bond donors (Lipinski definition) is 0. The van der Waals surface area contributed by atoms with Crippen molar-refractivity contribution in [3.63, 3.8) is 0 Å². The molecule has 3 fully saturated rings. The number of rotatable bonds is 2. The lowest BCUT2D eigenvalue weighted by Crippen LogP contribution is -2.50. The monoisotopic (exact) mass is 346 g/mol. The summed E-state index contributed by atoms with van der Waals surface area (Å²) in [5.74, 6) is 2.66. The first-order valence-electron chi connectivity index (χ1n) is 9.43. The molecule has 4 aliphatic rings. The van der Waals surface area contributed by atoms with E-state index in [0.29, 0.717) is 17.8 Å². The van der Waals surface area contributed by atoms with Crippen molar-refractivity contribution in [1.82, 2.24) is 0 Å². The predicted octanol–water partition coefficient (Wildman–Crippen LogP) is 4.72. The minimum atomic E-state index is 0.0484. The van der Waals surface area contributed by atoms with Crippen molar-refractivity contribution in [3.8, 4) is 0 Å². The summed E-state index contributed by atoms with van der Waals surface area (Å²) in [6, 6.07) is 0. The van der Waals surface area contributed by atoms with Crippen LogP contribution in [0.5, 0.6) is 0 Å². The molecule has 0 radical (unpaired) electrons. The lowest BCUT2D eigenvalue weighted by atomic mass is 9.47. The quantitative estimate of drug-likeness (QED) is 0.678. The van der Waals surface area contributed by atoms with Gasteiger partial charge in [0.25, 0.3) is 0 Å². The largest absolute Gasteiger partial charge is 0.298 e. The van der Waals surface area contributed by atoms with E-state index in [1.54, 1.807) is 6.08 Å². The van der Waals surface area contributed by atoms with Crippen LogP contribution >= 0.6 is 11.6 Å². The normalized spacial score (nSPS) is 46.8. The molecule has 0 N–H and O–H groups in total. The number of alkyl halides is 1. The van der Waals surface area contributed by atoms with E-state index in [4.69, 9.17) is 11.6 Å². The molecule has 4 rings (SSSR count). The van der Waals surface area contributed by atoms with Gasteiger partial charge in [-0.15, -0.1) is 11.6 Å². The van der Waals surface area contributed by atoms with Crippen molar-refractivity contribution in [2.45, 2.75) is 52.4 Å². The van der Waals surface area contributed by atoms with Crippen LogP contribution in [0.3, 0.4) is 0 Å². The molecule has 0 spiro atoms. The molecule has 0 saturated heterocycles. The maximum Gasteiger partial charge on any atom is 0.178 e. The van der Waals surface area contributed by atoms with E-state index in [-0.39, 0.29) is 34.2 Å². The standard InChI is InChI=1S/C21H27ClO2/c1-20-9-7-14(23)11-13(20)3-4-15-16-5-6-18(19(24)12-22)21(16,2)10-8-17(15)20/h7,9,11,15-18H,3-6,8,10,12H2,1-2H3. The number of hydrogen-bond acceptors (Lipinski definition) is 2. The average Bonchev–Trinajstić information content (AvgIpc) is 2.92. The van der Waals surface area contributed by atoms with E-state index >= 15 is 0 Å². The number of allylic oxidation sites excluding steroid dienone is 4. The molecule has 24 heavy (non-hydrogen) atoms. The Bertz CT molecular complexity index is 648. The molecular weight excluding hydrogens is 320 g/mol. The van der Waals surface area contributed by atoms with Gasteiger partial charge in [-0.3, -0.25) is 9.59 Å². The maximum atomic E-state index is 12.4. The van der Waals surface area contributed by atoms with Gasteiger partial charge in [0.15, 0.2) is 11.6 Å². The second-order valence-corrected chi connectivity index (χ2v) is 9.15. The third-order valence-corrected chi connectivity index (χ3v) is 8.34. The topological polar surface area (TPSA) is 34.1 Å². The minimum absolute atomic E-state index is 0.0484. The molecule has 3 heteroatoms. The smallest absolute Gasteiger partial charge is 0.178 e. The van der Waals surface area contributed by atoms with Gasteiger partial charge in [-0.1, -0.05) is 25.5 Å². The Morgan fingerprint density at radius 1 is 1.21 bits per heavy atom. The Balaban J connectivity index is 1.66. The fraction of sp³-hybridized carbons (Fsp3) is 0.714. The Morgan fingerprint density at radius 2 is 2.00 bits per heavy atom. The van der Waals surface area contributed by atoms with Gasteiger partial charge in [-0.2, -0.15) is 0 Å². The molecule has 2 nitrogen and oxygen atoms in total. The van der Waals surface area contributed by atoms with E-state index in [1.807, 2.05) is 6.08 Å². The first-order valence-corrected chi connectivity index (χ1v) is 9.96. The van der Waals surface area contributed by atoms with Crippen LogP contribution in [0.2, 0.25) is 0 Å². The number of ketones is 2. The number of fused-ring (bicyclic) bond motifs is 5. The van der Waals surface area contributed by atoms with Crippen LogP contribution in [0, 0.1) is 34.5 Å². The van der Waals surface area contributed by atoms with Crippen LogP contribution in [-0.4, -0.2) is 17.4 Å². The summed E-state index contributed by atoms with van der Waals surface area (Å²) in [7, 11) is 0. The second-order valence-electron chi connectivity index (χ2n) is 8.88. The van der Waals surface area contributed by atoms with Crippen LogP contribution in [0.15, 0.2) is 23.8 Å². The fourth-order valence-electron chi connectivity index (χ4n) is 6.82. The summed E-state index contributed by atoms with van der Waals surface area (Å²) < 4.78 is 0. The molecule has 130 valence electrons. The van der Waals surface area contributed by atoms with Crippen LogP contribution in [0.25, 0.3) is 0 Å². The maximum absolute atomic E-state index is 12.4. The van der Waals surface area contributed by atoms with Crippen molar-refractivity contribution in [3.05, 3.63) is 23.8 Å². The zero-order chi connectivity index (χ0) is 17.1. The molecule has 6 unspecified atom stereocenters. The Morgan fingerprint density at radius 3 is 2.75 bits per heavy atom. The van der Waals surface area contributed by atoms with Crippen molar-refractivity contribution < 1.29 is 9.59 Å². The van der Waals surface area contributed by atoms with Gasteiger partial charge >= 0.3 is 0 Å². The van der Waals surface area contributed by atoms with Gasteiger partial charge in [0.05, 0.1) is 5.88 Å². The zero-order valence-electron chi connectivity index (χ0n) is 14.7. The highest BCUT2D eigenvalue weighted by atomic mass is 35.5. The van der Waals surface area contributed by atoms with E-state index < -0.39 is 0 Å². The molecule has 0 aromatic carbocycles. The van der Waals surface area contributed by atoms with E-state index in [0.717, 1.165) is 25.7 Å². The van der Waals surface area contributed by atoms with Crippen LogP contribution in [-0.2, 0) is 9.59 Å². The third kappa shape index (κ3) is 2.14. The molecule has 0 aromatic heterocycles. The lowest BCUT2D eigenvalue weighted by Gasteiger charge is -2.56. The number of carbonyl (C=O) groups is 2. The average molecular weight is 347 g/mol. The third-order valence-electron chi connectivity index (χ3n) is 8.08. The van der Waals surface area contributed by atoms with Crippen LogP contribution in [0.4, 0.5) is 0 Å². The highest BCUT2D eigenvalue weighted by Crippen LogP contribution is 2.66. The fourth-order valence-corrected chi connectivity index (χ4v) is 7.01. The molecule has 0 bridgehead atoms. The Hall–Kier alpha value is -0.890. The van der Waals surface area contributed by atoms with Gasteiger partial charge in [-0.25, -0.2) is 0 Å². The molecule has 4 aliphatic carbocycles. The zero-order valence-corrected chi connectivity index (χ0v) is 15.4. The summed E-state index contributed by atoms with van der Waals surface area (Å²) in [5.41, 5.74) is 1.53. The van der Waals surface area contributed by atoms with Gasteiger partial charge < -0.3 is 0 Å². The number of halogens is 1. The molecule has 6 atom stereocenters. The first-order chi connectivity index (χ1) is 11.4. The number of carbonyl (C=O) groups excluding carboxylic acids is 2. The van der Waals surface area contributed by atoms with E-state index in [2.05, 4.69) is 19.9 Å². The van der Waals surface area contributed by atoms with Crippen molar-refractivity contribution in [1.29, 1.82) is 0 Å². The summed E-state index contributed by atoms with van der Waals surface area (Å²) >= 11 is 5.89. The molecule has 0 amide bonds. The predicted molar refractivity (Wildman–Crippen MR) is 95.8 cm³/mol. The van der Waals surface area contributed by atoms with Crippen molar-refractivity contribution >= 4 is 23.2 Å². The van der Waals surface area contributed by atoms with Gasteiger partial charge in [0, 0.05) is 11.3 Å². The summed E-state index contributed by atoms with van der Waals surface area (Å²) in [6.07, 6.45) is 12.5. The molecule has 3 saturated carbocycles. The molecule has 0 aliphatic heterocycles. The second kappa shape index (κ2) is 5.56. The minimum Gasteiger partial charge on any atom is -0.298 e. The van der Waals surface area contributed by atoms with Crippen LogP contribution < -0.4 is 0 Å². The van der Waals surface area contributed by atoms with Gasteiger partial charge in [0.1, 0.15) is 0 Å². The lowest BCUT2D eigenvalue weighted by molar-refractivity contribution is -0.127. The highest BCUT2D eigenvalue weighted by molar-refractivity contribution is 6.28. The van der Waals surface area contributed by atoms with E-state index in [1.165, 1.54) is 18.4 Å². The van der Waals surface area contributed by atoms with Gasteiger partial charge in [0.2, 0.25) is 0 Å². The highest BCUT2D eigenvalue weighted by Gasteiger charge is 2.59. The van der Waals surface area contributed by atoms with Crippen molar-refractivity contribution in [2.24, 2.45) is 34.5 Å². The number of Topliss-reactive ketones (excluding diaryl/α,β-unsaturated/α-hetero) is 1. The summed E-state index contributed by atoms with van der Waals surface area (Å²) in [6.45, 7) is 4.68. The van der Waals surface area contributed by atoms with Crippen molar-refractivity contribution in [2.75, 3.05) is 5.88 Å².